The highest BCUT2D eigenvalue weighted by atomic mass is 32.1. The van der Waals surface area contributed by atoms with Crippen molar-refractivity contribution in [1.82, 2.24) is 4.98 Å². The van der Waals surface area contributed by atoms with Gasteiger partial charge in [-0.3, -0.25) is 10.1 Å². The molecule has 122 valence electrons. The molecule has 1 amide bonds. The number of aromatic nitrogens is 1. The number of rotatable bonds is 3. The fraction of sp³-hybridized carbons (Fsp3) is 0.643. The number of aliphatic carboxylic acids is 1. The first-order chi connectivity index (χ1) is 10.0. The standard InChI is InChI=1S/C14H20N2O5S/c1-7-9(14(10(18)19)5-8(17)6-14)22-11(15-7)16-12(20)21-13(2,3)4/h8,17H,5-6H2,1-4H3,(H,18,19)(H,15,16,20). The molecule has 0 unspecified atom stereocenters. The lowest BCUT2D eigenvalue weighted by Crippen LogP contribution is -2.50. The molecule has 0 spiro atoms. The van der Waals surface area contributed by atoms with Crippen LogP contribution in [0.25, 0.3) is 0 Å². The minimum Gasteiger partial charge on any atom is -0.481 e. The van der Waals surface area contributed by atoms with E-state index in [-0.39, 0.29) is 12.8 Å². The van der Waals surface area contributed by atoms with Gasteiger partial charge in [0.2, 0.25) is 0 Å². The number of hydrogen-bond donors (Lipinski definition) is 3. The van der Waals surface area contributed by atoms with Crippen LogP contribution in [-0.4, -0.2) is 39.0 Å². The number of anilines is 1. The van der Waals surface area contributed by atoms with Gasteiger partial charge in [0.05, 0.1) is 11.8 Å². The largest absolute Gasteiger partial charge is 0.481 e. The minimum absolute atomic E-state index is 0.164. The third-order valence-corrected chi connectivity index (χ3v) is 4.69. The monoisotopic (exact) mass is 328 g/mol. The molecule has 1 aliphatic rings. The van der Waals surface area contributed by atoms with Crippen molar-refractivity contribution in [2.75, 3.05) is 5.32 Å². The van der Waals surface area contributed by atoms with Crippen molar-refractivity contribution >= 4 is 28.5 Å². The number of hydrogen-bond acceptors (Lipinski definition) is 6. The number of nitrogens with zero attached hydrogens (tertiary/aromatic N) is 1. The van der Waals surface area contributed by atoms with Crippen LogP contribution < -0.4 is 5.32 Å². The highest BCUT2D eigenvalue weighted by molar-refractivity contribution is 7.16. The van der Waals surface area contributed by atoms with Crippen molar-refractivity contribution < 1.29 is 24.5 Å². The van der Waals surface area contributed by atoms with E-state index in [1.807, 2.05) is 0 Å². The summed E-state index contributed by atoms with van der Waals surface area (Å²) in [7, 11) is 0. The summed E-state index contributed by atoms with van der Waals surface area (Å²) in [6.45, 7) is 6.95. The van der Waals surface area contributed by atoms with Gasteiger partial charge in [-0.05, 0) is 40.5 Å². The number of aryl methyl sites for hydroxylation is 1. The number of thiazole rings is 1. The Morgan fingerprint density at radius 3 is 2.45 bits per heavy atom. The molecule has 3 N–H and O–H groups in total. The van der Waals surface area contributed by atoms with E-state index in [4.69, 9.17) is 4.74 Å². The van der Waals surface area contributed by atoms with E-state index in [9.17, 15) is 19.8 Å². The van der Waals surface area contributed by atoms with Crippen LogP contribution in [0.2, 0.25) is 0 Å². The van der Waals surface area contributed by atoms with Crippen molar-refractivity contribution in [1.29, 1.82) is 0 Å². The number of amides is 1. The molecule has 22 heavy (non-hydrogen) atoms. The Balaban J connectivity index is 2.18. The summed E-state index contributed by atoms with van der Waals surface area (Å²) in [5, 5.41) is 21.8. The Hall–Kier alpha value is -1.67. The maximum Gasteiger partial charge on any atom is 0.413 e. The summed E-state index contributed by atoms with van der Waals surface area (Å²) in [5.41, 5.74) is -1.18. The molecule has 0 bridgehead atoms. The number of ether oxygens (including phenoxy) is 1. The van der Waals surface area contributed by atoms with Gasteiger partial charge in [-0.25, -0.2) is 9.78 Å². The van der Waals surface area contributed by atoms with Gasteiger partial charge in [0.25, 0.3) is 0 Å². The number of carbonyl (C=O) groups excluding carboxylic acids is 1. The third kappa shape index (κ3) is 3.22. The van der Waals surface area contributed by atoms with Gasteiger partial charge in [-0.1, -0.05) is 0 Å². The molecule has 0 aromatic carbocycles. The maximum absolute atomic E-state index is 11.7. The first-order valence-corrected chi connectivity index (χ1v) is 7.74. The first kappa shape index (κ1) is 16.7. The lowest BCUT2D eigenvalue weighted by Gasteiger charge is -2.41. The number of carboxylic acid groups (broad SMARTS) is 1. The Morgan fingerprint density at radius 1 is 1.41 bits per heavy atom. The molecular formula is C14H20N2O5S. The van der Waals surface area contributed by atoms with Crippen molar-refractivity contribution in [2.45, 2.75) is 57.7 Å². The van der Waals surface area contributed by atoms with Gasteiger partial charge in [0, 0.05) is 4.88 Å². The molecule has 2 rings (SSSR count). The summed E-state index contributed by atoms with van der Waals surface area (Å²) >= 11 is 1.11. The van der Waals surface area contributed by atoms with E-state index in [0.717, 1.165) is 11.3 Å². The van der Waals surface area contributed by atoms with Crippen LogP contribution in [0.3, 0.4) is 0 Å². The molecule has 8 heteroatoms. The highest BCUT2D eigenvalue weighted by Gasteiger charge is 2.53. The summed E-state index contributed by atoms with van der Waals surface area (Å²) < 4.78 is 5.14. The average Bonchev–Trinajstić information content (AvgIpc) is 2.62. The second-order valence-electron chi connectivity index (χ2n) is 6.51. The third-order valence-electron chi connectivity index (χ3n) is 3.42. The molecule has 1 fully saturated rings. The van der Waals surface area contributed by atoms with Crippen LogP contribution in [0.15, 0.2) is 0 Å². The van der Waals surface area contributed by atoms with Crippen molar-refractivity contribution in [3.8, 4) is 0 Å². The predicted octanol–water partition coefficient (Wildman–Crippen LogP) is 2.28. The molecule has 1 saturated carbocycles. The van der Waals surface area contributed by atoms with Gasteiger partial charge in [0.1, 0.15) is 11.0 Å². The van der Waals surface area contributed by atoms with Gasteiger partial charge < -0.3 is 14.9 Å². The molecule has 1 aliphatic carbocycles. The predicted molar refractivity (Wildman–Crippen MR) is 81.3 cm³/mol. The Bertz CT molecular complexity index is 599. The topological polar surface area (TPSA) is 109 Å². The summed E-state index contributed by atoms with van der Waals surface area (Å²) in [4.78, 5) is 28.1. The fourth-order valence-corrected chi connectivity index (χ4v) is 3.64. The van der Waals surface area contributed by atoms with Gasteiger partial charge >= 0.3 is 12.1 Å². The van der Waals surface area contributed by atoms with Crippen LogP contribution in [0.5, 0.6) is 0 Å². The lowest BCUT2D eigenvalue weighted by molar-refractivity contribution is -0.152. The Kier molecular flexibility index (Phi) is 4.18. The number of aliphatic hydroxyl groups is 1. The molecule has 0 saturated heterocycles. The molecule has 0 atom stereocenters. The van der Waals surface area contributed by atoms with Crippen LogP contribution in [-0.2, 0) is 14.9 Å². The number of nitrogens with one attached hydrogen (secondary N) is 1. The van der Waals surface area contributed by atoms with Crippen LogP contribution in [0, 0.1) is 6.92 Å². The summed E-state index contributed by atoms with van der Waals surface area (Å²) in [6.07, 6.45) is -0.917. The first-order valence-electron chi connectivity index (χ1n) is 6.93. The molecular weight excluding hydrogens is 308 g/mol. The molecule has 7 nitrogen and oxygen atoms in total. The summed E-state index contributed by atoms with van der Waals surface area (Å²) in [6, 6.07) is 0. The van der Waals surface area contributed by atoms with Crippen LogP contribution in [0.4, 0.5) is 9.93 Å². The SMILES string of the molecule is Cc1nc(NC(=O)OC(C)(C)C)sc1C1(C(=O)O)CC(O)C1. The second kappa shape index (κ2) is 5.51. The zero-order valence-electron chi connectivity index (χ0n) is 13.0. The molecule has 1 heterocycles. The number of aliphatic hydroxyl groups excluding tert-OH is 1. The van der Waals surface area contributed by atoms with Crippen molar-refractivity contribution in [3.05, 3.63) is 10.6 Å². The summed E-state index contributed by atoms with van der Waals surface area (Å²) in [5.74, 6) is -0.978. The van der Waals surface area contributed by atoms with E-state index >= 15 is 0 Å². The second-order valence-corrected chi connectivity index (χ2v) is 7.51. The highest BCUT2D eigenvalue weighted by Crippen LogP contribution is 2.48. The molecule has 0 radical (unpaired) electrons. The van der Waals surface area contributed by atoms with Gasteiger partial charge in [-0.2, -0.15) is 0 Å². The van der Waals surface area contributed by atoms with Crippen LogP contribution in [0.1, 0.15) is 44.2 Å². The lowest BCUT2D eigenvalue weighted by atomic mass is 9.65. The van der Waals surface area contributed by atoms with Gasteiger partial charge in [-0.15, -0.1) is 11.3 Å². The van der Waals surface area contributed by atoms with E-state index < -0.39 is 29.2 Å². The van der Waals surface area contributed by atoms with E-state index in [0.29, 0.717) is 15.7 Å². The minimum atomic E-state index is -1.10. The number of carbonyl (C=O) groups is 2. The zero-order chi connectivity index (χ0) is 16.7. The average molecular weight is 328 g/mol. The fourth-order valence-electron chi connectivity index (χ4n) is 2.49. The number of carboxylic acids is 1. The normalized spacial score (nSPS) is 24.5. The van der Waals surface area contributed by atoms with E-state index in [1.165, 1.54) is 0 Å². The molecule has 0 aliphatic heterocycles. The zero-order valence-corrected chi connectivity index (χ0v) is 13.8. The molecule has 1 aromatic rings. The maximum atomic E-state index is 11.7. The van der Waals surface area contributed by atoms with Crippen LogP contribution >= 0.6 is 11.3 Å². The van der Waals surface area contributed by atoms with E-state index in [1.54, 1.807) is 27.7 Å². The quantitative estimate of drug-likeness (QED) is 0.785. The smallest absolute Gasteiger partial charge is 0.413 e. The molecule has 1 aromatic heterocycles. The van der Waals surface area contributed by atoms with Gasteiger partial charge in [0.15, 0.2) is 5.13 Å². The van der Waals surface area contributed by atoms with E-state index in [2.05, 4.69) is 10.3 Å². The Morgan fingerprint density at radius 2 is 2.00 bits per heavy atom. The van der Waals surface area contributed by atoms with Crippen molar-refractivity contribution in [3.63, 3.8) is 0 Å². The van der Waals surface area contributed by atoms with Crippen molar-refractivity contribution in [2.24, 2.45) is 0 Å². The Labute approximate surface area is 132 Å².